The molecule has 0 aromatic heterocycles. The fraction of sp³-hybridized carbons (Fsp3) is 0.950. The summed E-state index contributed by atoms with van der Waals surface area (Å²) in [4.78, 5) is 15.4. The Balaban J connectivity index is 1.67. The van der Waals surface area contributed by atoms with Crippen LogP contribution in [0.4, 0.5) is 0 Å². The van der Waals surface area contributed by atoms with E-state index in [9.17, 15) is 4.79 Å². The first kappa shape index (κ1) is 15.2. The number of nitrogens with zero attached hydrogens (tertiary/aromatic N) is 1. The number of likely N-dealkylation sites (tertiary alicyclic amines) is 1. The van der Waals surface area contributed by atoms with E-state index >= 15 is 0 Å². The first-order valence-corrected chi connectivity index (χ1v) is 9.62. The highest BCUT2D eigenvalue weighted by molar-refractivity contribution is 5.89. The fourth-order valence-electron chi connectivity index (χ4n) is 7.49. The van der Waals surface area contributed by atoms with Gasteiger partial charge >= 0.3 is 0 Å². The molecule has 124 valence electrons. The van der Waals surface area contributed by atoms with E-state index in [1.54, 1.807) is 0 Å². The Bertz CT molecular complexity index is 488. The number of carbonyl (C=O) groups is 1. The number of fused-ring (bicyclic) bond motifs is 5. The molecule has 3 saturated carbocycles. The van der Waals surface area contributed by atoms with Crippen molar-refractivity contribution in [2.75, 3.05) is 13.6 Å². The van der Waals surface area contributed by atoms with E-state index in [0.717, 1.165) is 24.3 Å². The minimum Gasteiger partial charge on any atom is -0.303 e. The lowest BCUT2D eigenvalue weighted by Gasteiger charge is -2.61. The number of hydrogen-bond donors (Lipinski definition) is 0. The number of rotatable bonds is 0. The van der Waals surface area contributed by atoms with Crippen LogP contribution in [0.3, 0.4) is 0 Å². The van der Waals surface area contributed by atoms with Gasteiger partial charge in [-0.05, 0) is 81.7 Å². The van der Waals surface area contributed by atoms with Crippen LogP contribution in [0.1, 0.15) is 65.7 Å². The number of hydrogen-bond acceptors (Lipinski definition) is 2. The van der Waals surface area contributed by atoms with Crippen LogP contribution in [0, 0.1) is 34.5 Å². The zero-order valence-corrected chi connectivity index (χ0v) is 14.9. The van der Waals surface area contributed by atoms with Crippen molar-refractivity contribution < 1.29 is 4.79 Å². The van der Waals surface area contributed by atoms with Gasteiger partial charge in [0.05, 0.1) is 0 Å². The van der Waals surface area contributed by atoms with Crippen molar-refractivity contribution in [3.05, 3.63) is 0 Å². The SMILES string of the molecule is C[C@H]1CC2C3CC[C@H]4N(C)CCC[C@]4(C)C3CC[C@]2(C)C1=O. The van der Waals surface area contributed by atoms with Gasteiger partial charge in [-0.3, -0.25) is 4.79 Å². The Morgan fingerprint density at radius 1 is 1.09 bits per heavy atom. The van der Waals surface area contributed by atoms with Gasteiger partial charge in [-0.15, -0.1) is 0 Å². The van der Waals surface area contributed by atoms with E-state index in [1.807, 2.05) is 0 Å². The van der Waals surface area contributed by atoms with Crippen molar-refractivity contribution >= 4 is 5.78 Å². The van der Waals surface area contributed by atoms with Gasteiger partial charge in [-0.1, -0.05) is 20.8 Å². The molecule has 1 aliphatic heterocycles. The predicted molar refractivity (Wildman–Crippen MR) is 89.6 cm³/mol. The Morgan fingerprint density at radius 3 is 2.64 bits per heavy atom. The maximum atomic E-state index is 12.7. The largest absolute Gasteiger partial charge is 0.303 e. The molecular weight excluding hydrogens is 270 g/mol. The van der Waals surface area contributed by atoms with Crippen molar-refractivity contribution in [3.63, 3.8) is 0 Å². The number of ketones is 1. The van der Waals surface area contributed by atoms with Crippen LogP contribution in [0.2, 0.25) is 0 Å². The van der Waals surface area contributed by atoms with Crippen LogP contribution in [0.5, 0.6) is 0 Å². The van der Waals surface area contributed by atoms with Gasteiger partial charge in [-0.25, -0.2) is 0 Å². The van der Waals surface area contributed by atoms with Crippen LogP contribution in [-0.2, 0) is 4.79 Å². The van der Waals surface area contributed by atoms with E-state index in [2.05, 4.69) is 32.7 Å². The molecule has 22 heavy (non-hydrogen) atoms. The molecule has 0 bridgehead atoms. The summed E-state index contributed by atoms with van der Waals surface area (Å²) in [6.07, 6.45) is 9.15. The average molecular weight is 303 g/mol. The smallest absolute Gasteiger partial charge is 0.141 e. The summed E-state index contributed by atoms with van der Waals surface area (Å²) in [6, 6.07) is 0.793. The maximum Gasteiger partial charge on any atom is 0.141 e. The summed E-state index contributed by atoms with van der Waals surface area (Å²) in [5, 5.41) is 0. The topological polar surface area (TPSA) is 20.3 Å². The van der Waals surface area contributed by atoms with Crippen LogP contribution in [-0.4, -0.2) is 30.3 Å². The fourth-order valence-corrected chi connectivity index (χ4v) is 7.49. The predicted octanol–water partition coefficient (Wildman–Crippen LogP) is 4.14. The summed E-state index contributed by atoms with van der Waals surface area (Å²) >= 11 is 0. The molecule has 1 saturated heterocycles. The van der Waals surface area contributed by atoms with E-state index in [-0.39, 0.29) is 5.41 Å². The Kier molecular flexibility index (Phi) is 3.32. The quantitative estimate of drug-likeness (QED) is 0.670. The lowest BCUT2D eigenvalue weighted by molar-refractivity contribution is -0.142. The van der Waals surface area contributed by atoms with Gasteiger partial charge in [0.15, 0.2) is 0 Å². The number of piperidine rings is 1. The van der Waals surface area contributed by atoms with Gasteiger partial charge in [0.2, 0.25) is 0 Å². The molecule has 0 spiro atoms. The zero-order chi connectivity index (χ0) is 15.7. The van der Waals surface area contributed by atoms with Crippen molar-refractivity contribution in [1.29, 1.82) is 0 Å². The molecule has 0 radical (unpaired) electrons. The van der Waals surface area contributed by atoms with Crippen molar-refractivity contribution in [2.24, 2.45) is 34.5 Å². The highest BCUT2D eigenvalue weighted by Crippen LogP contribution is 2.64. The van der Waals surface area contributed by atoms with E-state index in [0.29, 0.717) is 23.0 Å². The van der Waals surface area contributed by atoms with Crippen molar-refractivity contribution in [2.45, 2.75) is 71.8 Å². The third-order valence-corrected chi connectivity index (χ3v) is 8.58. The van der Waals surface area contributed by atoms with E-state index in [4.69, 9.17) is 0 Å². The minimum absolute atomic E-state index is 0.0182. The Hall–Kier alpha value is -0.370. The molecule has 3 aliphatic carbocycles. The van der Waals surface area contributed by atoms with E-state index < -0.39 is 0 Å². The van der Waals surface area contributed by atoms with Crippen molar-refractivity contribution in [1.82, 2.24) is 4.90 Å². The summed E-state index contributed by atoms with van der Waals surface area (Å²) in [7, 11) is 2.34. The van der Waals surface area contributed by atoms with Gasteiger partial charge < -0.3 is 4.90 Å². The standard InChI is InChI=1S/C20H33NO/c1-13-12-16-14-6-7-17-19(2,9-5-11-21(17)4)15(14)8-10-20(16,3)18(13)22/h13-17H,5-12H2,1-4H3/t13-,14?,15?,16?,17+,19+,20-/m0/s1. The number of Topliss-reactive ketones (excluding diaryl/α,β-unsaturated/α-hetero) is 1. The molecule has 2 nitrogen and oxygen atoms in total. The Labute approximate surface area is 136 Å². The third kappa shape index (κ3) is 1.79. The second-order valence-corrected chi connectivity index (χ2v) is 9.52. The van der Waals surface area contributed by atoms with Gasteiger partial charge in [0.25, 0.3) is 0 Å². The van der Waals surface area contributed by atoms with Crippen LogP contribution < -0.4 is 0 Å². The maximum absolute atomic E-state index is 12.7. The molecule has 4 rings (SSSR count). The molecule has 3 unspecified atom stereocenters. The molecule has 0 N–H and O–H groups in total. The molecule has 1 heterocycles. The van der Waals surface area contributed by atoms with Crippen LogP contribution >= 0.6 is 0 Å². The molecule has 2 heteroatoms. The molecule has 7 atom stereocenters. The summed E-state index contributed by atoms with van der Waals surface area (Å²) in [5.41, 5.74) is 0.524. The minimum atomic E-state index is 0.0182. The third-order valence-electron chi connectivity index (χ3n) is 8.58. The lowest BCUT2D eigenvalue weighted by Crippen LogP contribution is -2.60. The van der Waals surface area contributed by atoms with Crippen LogP contribution in [0.25, 0.3) is 0 Å². The van der Waals surface area contributed by atoms with Crippen LogP contribution in [0.15, 0.2) is 0 Å². The average Bonchev–Trinajstić information content (AvgIpc) is 2.71. The number of carbonyl (C=O) groups excluding carboxylic acids is 1. The molecule has 0 aromatic carbocycles. The highest BCUT2D eigenvalue weighted by atomic mass is 16.1. The second-order valence-electron chi connectivity index (χ2n) is 9.52. The Morgan fingerprint density at radius 2 is 1.86 bits per heavy atom. The molecule has 4 fully saturated rings. The summed E-state index contributed by atoms with van der Waals surface area (Å²) in [5.74, 6) is 3.27. The van der Waals surface area contributed by atoms with E-state index in [1.165, 1.54) is 45.1 Å². The monoisotopic (exact) mass is 303 g/mol. The zero-order valence-electron chi connectivity index (χ0n) is 14.9. The van der Waals surface area contributed by atoms with Gasteiger partial charge in [0.1, 0.15) is 5.78 Å². The van der Waals surface area contributed by atoms with Gasteiger partial charge in [0, 0.05) is 17.4 Å². The lowest BCUT2D eigenvalue weighted by atomic mass is 9.47. The molecule has 4 aliphatic rings. The molecule has 0 amide bonds. The second kappa shape index (κ2) is 4.82. The normalized spacial score (nSPS) is 55.5. The van der Waals surface area contributed by atoms with Gasteiger partial charge in [-0.2, -0.15) is 0 Å². The van der Waals surface area contributed by atoms with Crippen molar-refractivity contribution in [3.8, 4) is 0 Å². The first-order chi connectivity index (χ1) is 10.4. The molecule has 0 aromatic rings. The first-order valence-electron chi connectivity index (χ1n) is 9.62. The molecular formula is C20H33NO. The summed E-state index contributed by atoms with van der Waals surface area (Å²) in [6.45, 7) is 8.37. The summed E-state index contributed by atoms with van der Waals surface area (Å²) < 4.78 is 0. The highest BCUT2D eigenvalue weighted by Gasteiger charge is 2.61.